The largest absolute Gasteiger partial charge is 0.324 e. The number of fused-ring (bicyclic) bond motifs is 1. The Kier molecular flexibility index (Phi) is 5.12. The molecule has 0 atom stereocenters. The number of carbonyl (C=O) groups is 1. The molecule has 0 unspecified atom stereocenters. The maximum absolute atomic E-state index is 12.1. The van der Waals surface area contributed by atoms with E-state index in [0.29, 0.717) is 32.9 Å². The van der Waals surface area contributed by atoms with Crippen molar-refractivity contribution >= 4 is 39.5 Å². The molecule has 0 aliphatic rings. The first-order chi connectivity index (χ1) is 11.9. The molecule has 0 radical (unpaired) electrons. The van der Waals surface area contributed by atoms with Gasteiger partial charge in [-0.1, -0.05) is 35.1 Å². The number of nitrogens with zero attached hydrogens (tertiary/aromatic N) is 4. The first kappa shape index (κ1) is 17.5. The van der Waals surface area contributed by atoms with Crippen LogP contribution in [0.15, 0.2) is 35.1 Å². The van der Waals surface area contributed by atoms with Crippen molar-refractivity contribution in [2.45, 2.75) is 13.5 Å². The van der Waals surface area contributed by atoms with Crippen molar-refractivity contribution in [2.75, 3.05) is 18.9 Å². The number of nitrogens with one attached hydrogen (secondary N) is 1. The minimum absolute atomic E-state index is 0.169. The number of hydrogen-bond acceptors (Lipinski definition) is 6. The summed E-state index contributed by atoms with van der Waals surface area (Å²) in [6.07, 6.45) is 0. The molecule has 0 bridgehead atoms. The summed E-state index contributed by atoms with van der Waals surface area (Å²) in [6, 6.07) is 8.51. The van der Waals surface area contributed by atoms with Gasteiger partial charge in [-0.05, 0) is 26.1 Å². The molecule has 0 aliphatic carbocycles. The summed E-state index contributed by atoms with van der Waals surface area (Å²) in [6.45, 7) is 2.37. The third kappa shape index (κ3) is 4.22. The lowest BCUT2D eigenvalue weighted by atomic mass is 10.3. The molecule has 1 N–H and O–H groups in total. The molecule has 0 saturated heterocycles. The summed E-state index contributed by atoms with van der Waals surface area (Å²) in [4.78, 5) is 30.7. The molecular weight excluding hydrogens is 362 g/mol. The van der Waals surface area contributed by atoms with Gasteiger partial charge in [0.15, 0.2) is 0 Å². The molecule has 0 aliphatic heterocycles. The number of rotatable bonds is 5. The van der Waals surface area contributed by atoms with E-state index in [-0.39, 0.29) is 18.0 Å². The molecule has 7 nitrogen and oxygen atoms in total. The number of para-hydroxylation sites is 1. The zero-order valence-corrected chi connectivity index (χ0v) is 15.3. The molecule has 25 heavy (non-hydrogen) atoms. The minimum Gasteiger partial charge on any atom is -0.324 e. The van der Waals surface area contributed by atoms with E-state index >= 15 is 0 Å². The fourth-order valence-corrected chi connectivity index (χ4v) is 3.52. The third-order valence-electron chi connectivity index (χ3n) is 3.38. The number of benzene rings is 1. The van der Waals surface area contributed by atoms with Crippen LogP contribution in [0.25, 0.3) is 4.96 Å². The molecule has 3 rings (SSSR count). The first-order valence-electron chi connectivity index (χ1n) is 7.51. The van der Waals surface area contributed by atoms with Gasteiger partial charge in [-0.3, -0.25) is 14.5 Å². The van der Waals surface area contributed by atoms with Gasteiger partial charge in [-0.15, -0.1) is 0 Å². The summed E-state index contributed by atoms with van der Waals surface area (Å²) in [5.41, 5.74) is 1.03. The molecule has 0 saturated carbocycles. The van der Waals surface area contributed by atoms with Crippen LogP contribution < -0.4 is 10.9 Å². The number of carbonyl (C=O) groups excluding carboxylic acids is 1. The second-order valence-corrected chi connectivity index (χ2v) is 7.07. The van der Waals surface area contributed by atoms with E-state index < -0.39 is 0 Å². The smallest absolute Gasteiger partial charge is 0.275 e. The number of aryl methyl sites for hydroxylation is 1. The lowest BCUT2D eigenvalue weighted by Crippen LogP contribution is -2.30. The SMILES string of the molecule is Cc1cc(=O)n2nc(CN(C)CC(=O)Nc3ccccc3Cl)sc2n1. The van der Waals surface area contributed by atoms with Crippen molar-refractivity contribution in [2.24, 2.45) is 0 Å². The van der Waals surface area contributed by atoms with Gasteiger partial charge < -0.3 is 5.32 Å². The number of likely N-dealkylation sites (N-methyl/N-ethyl adjacent to an activating group) is 1. The van der Waals surface area contributed by atoms with Gasteiger partial charge in [-0.25, -0.2) is 4.98 Å². The van der Waals surface area contributed by atoms with Crippen LogP contribution in [0.5, 0.6) is 0 Å². The Hall–Kier alpha value is -2.29. The summed E-state index contributed by atoms with van der Waals surface area (Å²) in [5, 5.41) is 8.24. The van der Waals surface area contributed by atoms with Crippen molar-refractivity contribution < 1.29 is 4.79 Å². The zero-order chi connectivity index (χ0) is 18.0. The fraction of sp³-hybridized carbons (Fsp3) is 0.250. The predicted molar refractivity (Wildman–Crippen MR) is 98.3 cm³/mol. The second-order valence-electron chi connectivity index (χ2n) is 5.63. The molecule has 9 heteroatoms. The van der Waals surface area contributed by atoms with E-state index in [1.54, 1.807) is 38.2 Å². The molecule has 0 spiro atoms. The quantitative estimate of drug-likeness (QED) is 0.737. The maximum Gasteiger partial charge on any atom is 0.275 e. The number of halogens is 1. The van der Waals surface area contributed by atoms with Gasteiger partial charge in [0, 0.05) is 11.8 Å². The Bertz CT molecular complexity index is 984. The Morgan fingerprint density at radius 3 is 2.92 bits per heavy atom. The maximum atomic E-state index is 12.1. The summed E-state index contributed by atoms with van der Waals surface area (Å²) in [7, 11) is 1.81. The number of aromatic nitrogens is 3. The monoisotopic (exact) mass is 377 g/mol. The highest BCUT2D eigenvalue weighted by Crippen LogP contribution is 2.20. The van der Waals surface area contributed by atoms with Gasteiger partial charge in [0.25, 0.3) is 5.56 Å². The van der Waals surface area contributed by atoms with Gasteiger partial charge in [0.1, 0.15) is 5.01 Å². The van der Waals surface area contributed by atoms with Crippen LogP contribution in [0.2, 0.25) is 5.02 Å². The van der Waals surface area contributed by atoms with Crippen molar-refractivity contribution in [1.82, 2.24) is 19.5 Å². The summed E-state index contributed by atoms with van der Waals surface area (Å²) < 4.78 is 1.28. The van der Waals surface area contributed by atoms with Crippen LogP contribution in [0, 0.1) is 6.92 Å². The Morgan fingerprint density at radius 2 is 2.16 bits per heavy atom. The van der Waals surface area contributed by atoms with E-state index in [1.807, 2.05) is 4.90 Å². The molecule has 3 aromatic rings. The Balaban J connectivity index is 1.65. The van der Waals surface area contributed by atoms with Crippen molar-refractivity contribution in [1.29, 1.82) is 0 Å². The number of amides is 1. The van der Waals surface area contributed by atoms with Gasteiger partial charge in [0.2, 0.25) is 10.9 Å². The minimum atomic E-state index is -0.205. The molecule has 1 aromatic carbocycles. The highest BCUT2D eigenvalue weighted by molar-refractivity contribution is 7.16. The van der Waals surface area contributed by atoms with Crippen LogP contribution in [0.4, 0.5) is 5.69 Å². The van der Waals surface area contributed by atoms with E-state index in [9.17, 15) is 9.59 Å². The van der Waals surface area contributed by atoms with E-state index in [0.717, 1.165) is 0 Å². The molecule has 2 aromatic heterocycles. The van der Waals surface area contributed by atoms with E-state index in [2.05, 4.69) is 15.4 Å². The predicted octanol–water partition coefficient (Wildman–Crippen LogP) is 2.18. The highest BCUT2D eigenvalue weighted by Gasteiger charge is 2.13. The lowest BCUT2D eigenvalue weighted by Gasteiger charge is -2.14. The standard InChI is InChI=1S/C16H16ClN5O2S/c1-10-7-15(24)22-16(18-10)25-14(20-22)9-21(2)8-13(23)19-12-6-4-3-5-11(12)17/h3-7H,8-9H2,1-2H3,(H,19,23). The van der Waals surface area contributed by atoms with Crippen LogP contribution in [0.3, 0.4) is 0 Å². The van der Waals surface area contributed by atoms with Crippen molar-refractivity contribution in [3.05, 3.63) is 56.4 Å². The van der Waals surface area contributed by atoms with Gasteiger partial charge in [-0.2, -0.15) is 9.61 Å². The molecule has 2 heterocycles. The van der Waals surface area contributed by atoms with Crippen LogP contribution in [0.1, 0.15) is 10.7 Å². The Labute approximate surface area is 152 Å². The molecular formula is C16H16ClN5O2S. The normalized spacial score (nSPS) is 11.2. The van der Waals surface area contributed by atoms with E-state index in [4.69, 9.17) is 11.6 Å². The topological polar surface area (TPSA) is 79.6 Å². The molecule has 1 amide bonds. The summed E-state index contributed by atoms with van der Waals surface area (Å²) in [5.74, 6) is -0.178. The molecule has 130 valence electrons. The highest BCUT2D eigenvalue weighted by atomic mass is 35.5. The van der Waals surface area contributed by atoms with Crippen molar-refractivity contribution in [3.8, 4) is 0 Å². The Morgan fingerprint density at radius 1 is 1.40 bits per heavy atom. The van der Waals surface area contributed by atoms with E-state index in [1.165, 1.54) is 21.9 Å². The van der Waals surface area contributed by atoms with Crippen LogP contribution in [-0.2, 0) is 11.3 Å². The van der Waals surface area contributed by atoms with Gasteiger partial charge >= 0.3 is 0 Å². The van der Waals surface area contributed by atoms with Crippen molar-refractivity contribution in [3.63, 3.8) is 0 Å². The average Bonchev–Trinajstić information content (AvgIpc) is 2.91. The summed E-state index contributed by atoms with van der Waals surface area (Å²) >= 11 is 7.37. The van der Waals surface area contributed by atoms with Crippen LogP contribution >= 0.6 is 22.9 Å². The second kappa shape index (κ2) is 7.30. The molecule has 0 fully saturated rings. The number of hydrogen-bond donors (Lipinski definition) is 1. The zero-order valence-electron chi connectivity index (χ0n) is 13.7. The average molecular weight is 378 g/mol. The third-order valence-corrected chi connectivity index (χ3v) is 4.60. The van der Waals surface area contributed by atoms with Gasteiger partial charge in [0.05, 0.1) is 23.8 Å². The lowest BCUT2D eigenvalue weighted by molar-refractivity contribution is -0.117. The van der Waals surface area contributed by atoms with Crippen LogP contribution in [-0.4, -0.2) is 39.0 Å². The fourth-order valence-electron chi connectivity index (χ4n) is 2.31. The first-order valence-corrected chi connectivity index (χ1v) is 8.71. The number of anilines is 1.